The lowest BCUT2D eigenvalue weighted by Crippen LogP contribution is -2.69. The highest BCUT2D eigenvalue weighted by Crippen LogP contribution is 2.64. The summed E-state index contributed by atoms with van der Waals surface area (Å²) in [5.74, 6) is -21.3. The lowest BCUT2D eigenvalue weighted by atomic mass is 9.67. The van der Waals surface area contributed by atoms with Crippen LogP contribution in [0, 0.1) is 5.41 Å². The van der Waals surface area contributed by atoms with Gasteiger partial charge >= 0.3 is 24.3 Å². The summed E-state index contributed by atoms with van der Waals surface area (Å²) in [7, 11) is 0.174. The predicted molar refractivity (Wildman–Crippen MR) is 89.0 cm³/mol. The number of alkyl halides is 14. The Morgan fingerprint density at radius 3 is 1.20 bits per heavy atom. The Balaban J connectivity index is 0. The van der Waals surface area contributed by atoms with E-state index >= 15 is 0 Å². The molecule has 0 aromatic carbocycles. The van der Waals surface area contributed by atoms with Crippen molar-refractivity contribution in [1.82, 2.24) is 0 Å². The maximum atomic E-state index is 13.1. The van der Waals surface area contributed by atoms with Gasteiger partial charge in [0.25, 0.3) is 23.7 Å². The molecule has 0 rings (SSSR count). The molecular formula is C17H20F14O4. The molecule has 0 aromatic heterocycles. The Morgan fingerprint density at radius 2 is 1.00 bits per heavy atom. The number of carbonyl (C=O) groups is 1. The number of hydrogen-bond acceptors (Lipinski definition) is 4. The SMILES string of the molecule is C=CC(=O)OCC(F)(F)OC(F)(F)C(F)(F)OC.CC(F)(F)C(C(C)(F)F)(C(C)(F)F)C(C)(F)F. The molecule has 0 aromatic rings. The van der Waals surface area contributed by atoms with Crippen molar-refractivity contribution in [3.63, 3.8) is 0 Å². The van der Waals surface area contributed by atoms with Crippen LogP contribution in [0.15, 0.2) is 12.7 Å². The molecule has 0 N–H and O–H groups in total. The highest BCUT2D eigenvalue weighted by molar-refractivity contribution is 5.81. The second-order valence-electron chi connectivity index (χ2n) is 7.09. The highest BCUT2D eigenvalue weighted by atomic mass is 19.3. The van der Waals surface area contributed by atoms with Gasteiger partial charge in [-0.05, 0) is 0 Å². The van der Waals surface area contributed by atoms with Crippen LogP contribution in [0.5, 0.6) is 0 Å². The van der Waals surface area contributed by atoms with Crippen molar-refractivity contribution in [1.29, 1.82) is 0 Å². The van der Waals surface area contributed by atoms with Crippen LogP contribution in [0.1, 0.15) is 27.7 Å². The van der Waals surface area contributed by atoms with Crippen molar-refractivity contribution >= 4 is 5.97 Å². The van der Waals surface area contributed by atoms with Crippen molar-refractivity contribution in [3.05, 3.63) is 12.7 Å². The number of hydrogen-bond donors (Lipinski definition) is 0. The molecule has 35 heavy (non-hydrogen) atoms. The monoisotopic (exact) mass is 554 g/mol. The van der Waals surface area contributed by atoms with Gasteiger partial charge in [0.2, 0.25) is 5.41 Å². The zero-order valence-electron chi connectivity index (χ0n) is 18.4. The predicted octanol–water partition coefficient (Wildman–Crippen LogP) is 6.75. The average Bonchev–Trinajstić information content (AvgIpc) is 2.53. The van der Waals surface area contributed by atoms with Crippen LogP contribution in [0.2, 0.25) is 0 Å². The number of ether oxygens (including phenoxy) is 3. The first-order valence-corrected chi connectivity index (χ1v) is 8.66. The first-order chi connectivity index (χ1) is 15.0. The number of rotatable bonds is 11. The Kier molecular flexibility index (Phi) is 10.7. The summed E-state index contributed by atoms with van der Waals surface area (Å²) >= 11 is 0. The summed E-state index contributed by atoms with van der Waals surface area (Å²) in [6.07, 6.45) is -15.2. The first kappa shape index (κ1) is 35.3. The lowest BCUT2D eigenvalue weighted by molar-refractivity contribution is -0.479. The molecule has 0 atom stereocenters. The fraction of sp³-hybridized carbons (Fsp3) is 0.824. The Labute approximate surface area is 189 Å². The van der Waals surface area contributed by atoms with E-state index in [1.165, 1.54) is 0 Å². The van der Waals surface area contributed by atoms with Gasteiger partial charge in [-0.3, -0.25) is 0 Å². The maximum Gasteiger partial charge on any atom is 0.452 e. The van der Waals surface area contributed by atoms with Gasteiger partial charge in [0.1, 0.15) is 0 Å². The molecule has 4 nitrogen and oxygen atoms in total. The maximum absolute atomic E-state index is 13.1. The van der Waals surface area contributed by atoms with E-state index < -0.39 is 60.0 Å². The van der Waals surface area contributed by atoms with Crippen LogP contribution >= 0.6 is 0 Å². The van der Waals surface area contributed by atoms with Crippen molar-refractivity contribution < 1.29 is 80.5 Å². The summed E-state index contributed by atoms with van der Waals surface area (Å²) in [6.45, 7) is -0.586. The molecule has 0 saturated carbocycles. The molecule has 0 saturated heterocycles. The third-order valence-electron chi connectivity index (χ3n) is 4.06. The minimum absolute atomic E-state index is 0.174. The van der Waals surface area contributed by atoms with E-state index in [4.69, 9.17) is 0 Å². The molecule has 0 fully saturated rings. The minimum Gasteiger partial charge on any atom is -0.453 e. The van der Waals surface area contributed by atoms with E-state index in [2.05, 4.69) is 20.8 Å². The van der Waals surface area contributed by atoms with Crippen LogP contribution in [0.25, 0.3) is 0 Å². The Bertz CT molecular complexity index is 653. The van der Waals surface area contributed by atoms with Gasteiger partial charge < -0.3 is 9.47 Å². The van der Waals surface area contributed by atoms with Crippen LogP contribution in [-0.4, -0.2) is 61.7 Å². The molecule has 0 aliphatic carbocycles. The number of carbonyl (C=O) groups excluding carboxylic acids is 1. The first-order valence-electron chi connectivity index (χ1n) is 8.66. The van der Waals surface area contributed by atoms with Gasteiger partial charge in [-0.25, -0.2) is 44.7 Å². The van der Waals surface area contributed by atoms with E-state index in [0.717, 1.165) is 0 Å². The smallest absolute Gasteiger partial charge is 0.452 e. The van der Waals surface area contributed by atoms with Crippen molar-refractivity contribution in [3.8, 4) is 0 Å². The summed E-state index contributed by atoms with van der Waals surface area (Å²) in [5, 5.41) is 0. The van der Waals surface area contributed by atoms with Gasteiger partial charge in [-0.2, -0.15) is 26.3 Å². The number of esters is 1. The van der Waals surface area contributed by atoms with Gasteiger partial charge in [0.15, 0.2) is 6.61 Å². The third-order valence-corrected chi connectivity index (χ3v) is 4.06. The molecular weight excluding hydrogens is 534 g/mol. The van der Waals surface area contributed by atoms with E-state index in [1.54, 1.807) is 0 Å². The topological polar surface area (TPSA) is 44.8 Å². The van der Waals surface area contributed by atoms with Crippen LogP contribution in [-0.2, 0) is 19.0 Å². The Morgan fingerprint density at radius 1 is 0.686 bits per heavy atom. The fourth-order valence-electron chi connectivity index (χ4n) is 2.92. The van der Waals surface area contributed by atoms with E-state index in [-0.39, 0.29) is 34.8 Å². The van der Waals surface area contributed by atoms with Crippen molar-refractivity contribution in [2.45, 2.75) is 69.7 Å². The largest absolute Gasteiger partial charge is 0.453 e. The van der Waals surface area contributed by atoms with E-state index in [9.17, 15) is 66.3 Å². The van der Waals surface area contributed by atoms with E-state index in [0.29, 0.717) is 6.08 Å². The fourth-order valence-corrected chi connectivity index (χ4v) is 2.92. The molecule has 0 amide bonds. The number of halogens is 14. The molecule has 0 spiro atoms. The normalized spacial score (nSPS) is 14.7. The minimum atomic E-state index is -5.61. The van der Waals surface area contributed by atoms with Crippen molar-refractivity contribution in [2.24, 2.45) is 5.41 Å². The molecule has 0 heterocycles. The van der Waals surface area contributed by atoms with E-state index in [1.807, 2.05) is 0 Å². The molecule has 18 heteroatoms. The molecule has 0 unspecified atom stereocenters. The Hall–Kier alpha value is -1.85. The summed E-state index contributed by atoms with van der Waals surface area (Å²) < 4.78 is 189. The standard InChI is InChI=1S/C9H12F8.C8H8F6O4/c1-5(10,11)9(6(2,12)13,7(3,14)15)8(4,16)17;1-3-5(15)17-4-6(9,10)18-8(13,14)7(11,12)16-2/h1-4H3;3H,1,4H2,2H3. The molecule has 0 bridgehead atoms. The van der Waals surface area contributed by atoms with Gasteiger partial charge in [0.05, 0.1) is 0 Å². The van der Waals surface area contributed by atoms with Crippen LogP contribution < -0.4 is 0 Å². The zero-order valence-corrected chi connectivity index (χ0v) is 18.4. The van der Waals surface area contributed by atoms with Gasteiger partial charge in [0, 0.05) is 40.9 Å². The molecule has 0 radical (unpaired) electrons. The van der Waals surface area contributed by atoms with Gasteiger partial charge in [-0.1, -0.05) is 6.58 Å². The van der Waals surface area contributed by atoms with Crippen molar-refractivity contribution in [2.75, 3.05) is 13.7 Å². The zero-order chi connectivity index (χ0) is 29.1. The molecule has 210 valence electrons. The third kappa shape index (κ3) is 8.08. The van der Waals surface area contributed by atoms with Crippen LogP contribution in [0.3, 0.4) is 0 Å². The summed E-state index contributed by atoms with van der Waals surface area (Å²) in [4.78, 5) is 10.4. The van der Waals surface area contributed by atoms with Gasteiger partial charge in [-0.15, -0.1) is 0 Å². The summed E-state index contributed by atoms with van der Waals surface area (Å²) in [5.41, 5.74) is -5.08. The molecule has 0 aliphatic rings. The number of methoxy groups -OCH3 is 1. The second kappa shape index (κ2) is 10.6. The van der Waals surface area contributed by atoms with Crippen LogP contribution in [0.4, 0.5) is 61.5 Å². The summed E-state index contributed by atoms with van der Waals surface area (Å²) in [6, 6.07) is 0. The molecule has 0 aliphatic heterocycles. The highest BCUT2D eigenvalue weighted by Gasteiger charge is 2.83. The quantitative estimate of drug-likeness (QED) is 0.161. The second-order valence-corrected chi connectivity index (χ2v) is 7.09. The lowest BCUT2D eigenvalue weighted by Gasteiger charge is -2.48. The average molecular weight is 554 g/mol.